The number of rotatable bonds is 73. The summed E-state index contributed by atoms with van der Waals surface area (Å²) in [4.78, 5) is 24.6. The fourth-order valence-corrected chi connectivity index (χ4v) is 12.5. The van der Waals surface area contributed by atoms with Gasteiger partial charge in [-0.2, -0.15) is 0 Å². The molecule has 0 aliphatic heterocycles. The number of unbranched alkanes of at least 4 members (excludes halogenated alkanes) is 62. The lowest BCUT2D eigenvalue weighted by Crippen LogP contribution is -2.45. The normalized spacial score (nSPS) is 12.5. The summed E-state index contributed by atoms with van der Waals surface area (Å²) in [5.74, 6) is -0.0355. The zero-order valence-corrected chi connectivity index (χ0v) is 56.7. The van der Waals surface area contributed by atoms with Crippen molar-refractivity contribution < 1.29 is 24.5 Å². The monoisotopic (exact) mass is 1170 g/mol. The number of esters is 1. The van der Waals surface area contributed by atoms with Gasteiger partial charge < -0.3 is 20.3 Å². The number of allylic oxidation sites excluding steroid dienone is 1. The van der Waals surface area contributed by atoms with Crippen LogP contribution < -0.4 is 5.32 Å². The van der Waals surface area contributed by atoms with Gasteiger partial charge in [0, 0.05) is 12.8 Å². The van der Waals surface area contributed by atoms with Gasteiger partial charge in [-0.25, -0.2) is 0 Å². The Morgan fingerprint density at radius 3 is 0.819 bits per heavy atom. The van der Waals surface area contributed by atoms with Gasteiger partial charge in [-0.15, -0.1) is 0 Å². The molecule has 1 amide bonds. The molecule has 0 aliphatic rings. The molecule has 0 rings (SSSR count). The molecule has 0 radical (unpaired) electrons. The third kappa shape index (κ3) is 69.6. The molecule has 0 bridgehead atoms. The molecular weight excluding hydrogens is 1020 g/mol. The average Bonchev–Trinajstić information content (AvgIpc) is 3.49. The van der Waals surface area contributed by atoms with Crippen LogP contribution in [0.5, 0.6) is 0 Å². The lowest BCUT2D eigenvalue weighted by molar-refractivity contribution is -0.143. The summed E-state index contributed by atoms with van der Waals surface area (Å²) < 4.78 is 5.51. The maximum absolute atomic E-state index is 12.5. The lowest BCUT2D eigenvalue weighted by Gasteiger charge is -2.20. The van der Waals surface area contributed by atoms with Crippen LogP contribution in [0.25, 0.3) is 0 Å². The molecule has 494 valence electrons. The highest BCUT2D eigenvalue weighted by atomic mass is 16.5. The number of amides is 1. The van der Waals surface area contributed by atoms with Gasteiger partial charge in [0.25, 0.3) is 0 Å². The molecule has 6 nitrogen and oxygen atoms in total. The minimum absolute atomic E-state index is 0.0239. The molecule has 0 saturated carbocycles. The lowest BCUT2D eigenvalue weighted by atomic mass is 10.0. The average molecular weight is 1170 g/mol. The smallest absolute Gasteiger partial charge is 0.305 e. The van der Waals surface area contributed by atoms with Crippen LogP contribution in [0.2, 0.25) is 0 Å². The first-order valence-corrected chi connectivity index (χ1v) is 38.5. The van der Waals surface area contributed by atoms with Crippen LogP contribution in [-0.4, -0.2) is 47.4 Å². The van der Waals surface area contributed by atoms with E-state index in [2.05, 4.69) is 19.2 Å². The van der Waals surface area contributed by atoms with Crippen LogP contribution in [0.4, 0.5) is 0 Å². The van der Waals surface area contributed by atoms with Crippen molar-refractivity contribution in [1.29, 1.82) is 0 Å². The predicted octanol–water partition coefficient (Wildman–Crippen LogP) is 25.1. The molecule has 0 heterocycles. The van der Waals surface area contributed by atoms with E-state index in [-0.39, 0.29) is 18.5 Å². The number of nitrogens with one attached hydrogen (secondary N) is 1. The number of aliphatic hydroxyl groups is 2. The SMILES string of the molecule is CCCCCCCCCCCCCCCCCCCCC/C=C/C(O)C(CO)NC(=O)CCCCCCCCCCCCCCCCCCCCCCCCCCCCCCCOC(=O)CCCCCCCCCCCCCCCCCC. The molecule has 2 unspecified atom stereocenters. The van der Waals surface area contributed by atoms with E-state index < -0.39 is 12.1 Å². The van der Waals surface area contributed by atoms with Crippen molar-refractivity contribution in [2.45, 2.75) is 456 Å². The summed E-state index contributed by atoms with van der Waals surface area (Å²) in [6.45, 7) is 4.96. The first-order valence-electron chi connectivity index (χ1n) is 38.5. The second-order valence-corrected chi connectivity index (χ2v) is 26.7. The van der Waals surface area contributed by atoms with E-state index in [0.29, 0.717) is 19.4 Å². The second-order valence-electron chi connectivity index (χ2n) is 26.7. The Morgan fingerprint density at radius 1 is 0.325 bits per heavy atom. The van der Waals surface area contributed by atoms with E-state index in [0.717, 1.165) is 38.5 Å². The van der Waals surface area contributed by atoms with E-state index >= 15 is 0 Å². The van der Waals surface area contributed by atoms with Crippen LogP contribution in [0.3, 0.4) is 0 Å². The largest absolute Gasteiger partial charge is 0.466 e. The Hall–Kier alpha value is -1.40. The van der Waals surface area contributed by atoms with Gasteiger partial charge in [0.1, 0.15) is 0 Å². The third-order valence-electron chi connectivity index (χ3n) is 18.3. The Bertz CT molecular complexity index is 1260. The van der Waals surface area contributed by atoms with Gasteiger partial charge >= 0.3 is 5.97 Å². The minimum Gasteiger partial charge on any atom is -0.466 e. The number of hydrogen-bond donors (Lipinski definition) is 3. The molecule has 0 aromatic carbocycles. The number of carbonyl (C=O) groups is 2. The van der Waals surface area contributed by atoms with Crippen LogP contribution in [0.1, 0.15) is 444 Å². The number of ether oxygens (including phenoxy) is 1. The van der Waals surface area contributed by atoms with Crippen molar-refractivity contribution in [3.05, 3.63) is 12.2 Å². The van der Waals surface area contributed by atoms with Crippen LogP contribution in [-0.2, 0) is 14.3 Å². The standard InChI is InChI=1S/C77H151NO5/c1-3-5-7-9-11-13-15-17-19-21-22-32-35-38-41-45-49-53-57-61-65-69-75(80)74(73-79)78-76(81)70-66-62-58-54-50-46-42-39-36-33-30-28-26-24-23-25-27-29-31-34-37-40-44-48-52-56-60-64-68-72-83-77(82)71-67-63-59-55-51-47-43-20-18-16-14-12-10-8-6-4-2/h65,69,74-75,79-80H,3-64,66-68,70-73H2,1-2H3,(H,78,81)/b69-65+. The number of aliphatic hydroxyl groups excluding tert-OH is 2. The molecular formula is C77H151NO5. The Kier molecular flexibility index (Phi) is 71.8. The topological polar surface area (TPSA) is 95.9 Å². The van der Waals surface area contributed by atoms with Gasteiger partial charge in [0.2, 0.25) is 5.91 Å². The first-order chi connectivity index (χ1) is 41.0. The molecule has 83 heavy (non-hydrogen) atoms. The fraction of sp³-hybridized carbons (Fsp3) is 0.948. The van der Waals surface area contributed by atoms with Crippen molar-refractivity contribution in [2.75, 3.05) is 13.2 Å². The number of hydrogen-bond acceptors (Lipinski definition) is 5. The molecule has 0 spiro atoms. The molecule has 0 aliphatic carbocycles. The number of carbonyl (C=O) groups excluding carboxylic acids is 2. The van der Waals surface area contributed by atoms with Crippen molar-refractivity contribution in [2.24, 2.45) is 0 Å². The maximum Gasteiger partial charge on any atom is 0.305 e. The summed E-state index contributed by atoms with van der Waals surface area (Å²) in [7, 11) is 0. The van der Waals surface area contributed by atoms with Crippen molar-refractivity contribution in [1.82, 2.24) is 5.32 Å². The molecule has 0 aromatic heterocycles. The third-order valence-corrected chi connectivity index (χ3v) is 18.3. The summed E-state index contributed by atoms with van der Waals surface area (Å²) in [6.07, 6.45) is 91.8. The van der Waals surface area contributed by atoms with Crippen molar-refractivity contribution >= 4 is 11.9 Å². The van der Waals surface area contributed by atoms with E-state index in [1.807, 2.05) is 6.08 Å². The summed E-state index contributed by atoms with van der Waals surface area (Å²) in [6, 6.07) is -0.625. The minimum atomic E-state index is -0.842. The zero-order valence-electron chi connectivity index (χ0n) is 56.7. The fourth-order valence-electron chi connectivity index (χ4n) is 12.5. The maximum atomic E-state index is 12.5. The van der Waals surface area contributed by atoms with E-state index in [1.54, 1.807) is 6.08 Å². The highest BCUT2D eigenvalue weighted by Gasteiger charge is 2.18. The summed E-state index contributed by atoms with van der Waals surface area (Å²) in [5, 5.41) is 23.3. The molecule has 6 heteroatoms. The van der Waals surface area contributed by atoms with Crippen molar-refractivity contribution in [3.63, 3.8) is 0 Å². The van der Waals surface area contributed by atoms with E-state index in [1.165, 1.54) is 379 Å². The molecule has 2 atom stereocenters. The molecule has 3 N–H and O–H groups in total. The van der Waals surface area contributed by atoms with Crippen molar-refractivity contribution in [3.8, 4) is 0 Å². The Balaban J connectivity index is 3.35. The van der Waals surface area contributed by atoms with Gasteiger partial charge in [0.05, 0.1) is 25.4 Å². The molecule has 0 fully saturated rings. The van der Waals surface area contributed by atoms with Gasteiger partial charge in [-0.1, -0.05) is 411 Å². The van der Waals surface area contributed by atoms with Crippen LogP contribution >= 0.6 is 0 Å². The zero-order chi connectivity index (χ0) is 59.9. The predicted molar refractivity (Wildman–Crippen MR) is 366 cm³/mol. The first kappa shape index (κ1) is 81.6. The van der Waals surface area contributed by atoms with Gasteiger partial charge in [-0.05, 0) is 32.1 Å². The summed E-state index contributed by atoms with van der Waals surface area (Å²) in [5.41, 5.74) is 0. The van der Waals surface area contributed by atoms with Crippen LogP contribution in [0.15, 0.2) is 12.2 Å². The second kappa shape index (κ2) is 73.1. The Labute approximate surface area is 520 Å². The molecule has 0 saturated heterocycles. The quantitative estimate of drug-likeness (QED) is 0.0320. The van der Waals surface area contributed by atoms with E-state index in [4.69, 9.17) is 4.74 Å². The Morgan fingerprint density at radius 2 is 0.554 bits per heavy atom. The molecule has 0 aromatic rings. The highest BCUT2D eigenvalue weighted by Crippen LogP contribution is 2.20. The van der Waals surface area contributed by atoms with Gasteiger partial charge in [0.15, 0.2) is 0 Å². The summed E-state index contributed by atoms with van der Waals surface area (Å²) >= 11 is 0. The van der Waals surface area contributed by atoms with Gasteiger partial charge in [-0.3, -0.25) is 9.59 Å². The van der Waals surface area contributed by atoms with Crippen LogP contribution in [0, 0.1) is 0 Å². The van der Waals surface area contributed by atoms with E-state index in [9.17, 15) is 19.8 Å². The highest BCUT2D eigenvalue weighted by molar-refractivity contribution is 5.76.